The number of rotatable bonds is 3. The maximum atomic E-state index is 5.81. The molecule has 2 rings (SSSR count). The Morgan fingerprint density at radius 2 is 1.88 bits per heavy atom. The van der Waals surface area contributed by atoms with Crippen molar-refractivity contribution in [2.24, 2.45) is 0 Å². The van der Waals surface area contributed by atoms with Gasteiger partial charge in [0.15, 0.2) is 0 Å². The molecule has 0 unspecified atom stereocenters. The molecule has 0 saturated heterocycles. The Bertz CT molecular complexity index is 523. The Morgan fingerprint density at radius 3 is 2.59 bits per heavy atom. The highest BCUT2D eigenvalue weighted by atomic mass is 35.5. The van der Waals surface area contributed by atoms with E-state index in [9.17, 15) is 0 Å². The fraction of sp³-hybridized carbons (Fsp3) is 0.286. The first-order valence-electron chi connectivity index (χ1n) is 5.63. The van der Waals surface area contributed by atoms with E-state index in [4.69, 9.17) is 11.6 Å². The van der Waals surface area contributed by atoms with Gasteiger partial charge in [-0.05, 0) is 31.0 Å². The summed E-state index contributed by atoms with van der Waals surface area (Å²) in [6.07, 6.45) is 0.762. The smallest absolute Gasteiger partial charge is 0.133 e. The highest BCUT2D eigenvalue weighted by Crippen LogP contribution is 2.12. The normalized spacial score (nSPS) is 10.5. The number of nitrogens with zero attached hydrogens (tertiary/aromatic N) is 2. The lowest BCUT2D eigenvalue weighted by molar-refractivity contribution is 0.908. The van der Waals surface area contributed by atoms with Crippen LogP contribution >= 0.6 is 11.6 Å². The third kappa shape index (κ3) is 3.04. The van der Waals surface area contributed by atoms with E-state index in [1.165, 1.54) is 11.1 Å². The molecule has 0 aliphatic heterocycles. The number of aryl methyl sites for hydroxylation is 2. The van der Waals surface area contributed by atoms with Gasteiger partial charge in [-0.25, -0.2) is 9.97 Å². The van der Waals surface area contributed by atoms with E-state index in [1.54, 1.807) is 0 Å². The van der Waals surface area contributed by atoms with Crippen LogP contribution in [0.3, 0.4) is 0 Å². The van der Waals surface area contributed by atoms with E-state index < -0.39 is 0 Å². The number of aromatic nitrogens is 2. The van der Waals surface area contributed by atoms with Crippen molar-refractivity contribution in [1.82, 2.24) is 9.97 Å². The summed E-state index contributed by atoms with van der Waals surface area (Å²) in [5, 5.41) is 0. The second kappa shape index (κ2) is 5.28. The predicted octanol–water partition coefficient (Wildman–Crippen LogP) is 3.42. The molecule has 0 spiro atoms. The Hall–Kier alpha value is -1.41. The fourth-order valence-corrected chi connectivity index (χ4v) is 1.96. The Labute approximate surface area is 107 Å². The predicted molar refractivity (Wildman–Crippen MR) is 70.3 cm³/mol. The molecular weight excluding hydrogens is 232 g/mol. The number of hydrogen-bond acceptors (Lipinski definition) is 2. The molecule has 1 aromatic heterocycles. The van der Waals surface area contributed by atoms with E-state index >= 15 is 0 Å². The van der Waals surface area contributed by atoms with Gasteiger partial charge in [0.1, 0.15) is 5.82 Å². The van der Waals surface area contributed by atoms with Crippen LogP contribution in [-0.4, -0.2) is 9.97 Å². The molecule has 2 aromatic rings. The minimum Gasteiger partial charge on any atom is -0.238 e. The van der Waals surface area contributed by atoms with Gasteiger partial charge in [0.25, 0.3) is 0 Å². The van der Waals surface area contributed by atoms with Crippen molar-refractivity contribution in [2.45, 2.75) is 26.1 Å². The van der Waals surface area contributed by atoms with Gasteiger partial charge in [-0.1, -0.05) is 24.3 Å². The summed E-state index contributed by atoms with van der Waals surface area (Å²) < 4.78 is 0. The van der Waals surface area contributed by atoms with Gasteiger partial charge in [0.05, 0.1) is 11.6 Å². The van der Waals surface area contributed by atoms with Gasteiger partial charge in [-0.15, -0.1) is 11.6 Å². The molecule has 0 bridgehead atoms. The minimum absolute atomic E-state index is 0.435. The molecule has 0 aliphatic rings. The second-order valence-electron chi connectivity index (χ2n) is 4.15. The van der Waals surface area contributed by atoms with Crippen LogP contribution in [0.5, 0.6) is 0 Å². The molecule has 0 amide bonds. The van der Waals surface area contributed by atoms with Crippen molar-refractivity contribution in [2.75, 3.05) is 0 Å². The summed E-state index contributed by atoms with van der Waals surface area (Å²) >= 11 is 5.81. The summed E-state index contributed by atoms with van der Waals surface area (Å²) in [5.41, 5.74) is 4.39. The molecule has 17 heavy (non-hydrogen) atoms. The molecule has 0 atom stereocenters. The molecule has 1 heterocycles. The standard InChI is InChI=1S/C14H15ClN2/c1-10-5-3-4-6-12(10)8-14-16-11(2)7-13(9-15)17-14/h3-7H,8-9H2,1-2H3. The highest BCUT2D eigenvalue weighted by Gasteiger charge is 2.04. The van der Waals surface area contributed by atoms with Crippen LogP contribution < -0.4 is 0 Å². The Kier molecular flexibility index (Phi) is 3.75. The number of hydrogen-bond donors (Lipinski definition) is 0. The van der Waals surface area contributed by atoms with E-state index in [-0.39, 0.29) is 0 Å². The monoisotopic (exact) mass is 246 g/mol. The summed E-state index contributed by atoms with van der Waals surface area (Å²) in [6, 6.07) is 10.2. The van der Waals surface area contributed by atoms with Crippen LogP contribution in [-0.2, 0) is 12.3 Å². The van der Waals surface area contributed by atoms with Gasteiger partial charge in [-0.3, -0.25) is 0 Å². The second-order valence-corrected chi connectivity index (χ2v) is 4.42. The molecule has 0 fully saturated rings. The van der Waals surface area contributed by atoms with Gasteiger partial charge >= 0.3 is 0 Å². The van der Waals surface area contributed by atoms with E-state index in [2.05, 4.69) is 29.0 Å². The molecule has 2 nitrogen and oxygen atoms in total. The Balaban J connectivity index is 2.30. The zero-order valence-corrected chi connectivity index (χ0v) is 10.8. The molecule has 3 heteroatoms. The van der Waals surface area contributed by atoms with E-state index in [0.717, 1.165) is 23.6 Å². The summed E-state index contributed by atoms with van der Waals surface area (Å²) in [4.78, 5) is 8.89. The third-order valence-electron chi connectivity index (χ3n) is 2.70. The maximum Gasteiger partial charge on any atom is 0.133 e. The zero-order valence-electron chi connectivity index (χ0n) is 10.1. The molecule has 0 saturated carbocycles. The van der Waals surface area contributed by atoms with Crippen LogP contribution in [0.1, 0.15) is 28.3 Å². The van der Waals surface area contributed by atoms with Gasteiger partial charge < -0.3 is 0 Å². The maximum absolute atomic E-state index is 5.81. The average molecular weight is 247 g/mol. The SMILES string of the molecule is Cc1cc(CCl)nc(Cc2ccccc2C)n1. The summed E-state index contributed by atoms with van der Waals surface area (Å²) in [5.74, 6) is 1.28. The van der Waals surface area contributed by atoms with Crippen LogP contribution in [0, 0.1) is 13.8 Å². The van der Waals surface area contributed by atoms with Gasteiger partial charge in [0.2, 0.25) is 0 Å². The molecular formula is C14H15ClN2. The summed E-state index contributed by atoms with van der Waals surface area (Å²) in [6.45, 7) is 4.08. The van der Waals surface area contributed by atoms with Crippen molar-refractivity contribution in [3.05, 3.63) is 58.7 Å². The van der Waals surface area contributed by atoms with Crippen molar-refractivity contribution in [3.8, 4) is 0 Å². The van der Waals surface area contributed by atoms with Crippen LogP contribution in [0.2, 0.25) is 0 Å². The fourth-order valence-electron chi connectivity index (χ4n) is 1.83. The van der Waals surface area contributed by atoms with Gasteiger partial charge in [-0.2, -0.15) is 0 Å². The topological polar surface area (TPSA) is 25.8 Å². The first-order valence-corrected chi connectivity index (χ1v) is 6.16. The first kappa shape index (κ1) is 12.1. The van der Waals surface area contributed by atoms with Crippen LogP contribution in [0.15, 0.2) is 30.3 Å². The zero-order chi connectivity index (χ0) is 12.3. The lowest BCUT2D eigenvalue weighted by Crippen LogP contribution is -2.02. The van der Waals surface area contributed by atoms with Crippen LogP contribution in [0.25, 0.3) is 0 Å². The highest BCUT2D eigenvalue weighted by molar-refractivity contribution is 6.16. The molecule has 0 aliphatic carbocycles. The van der Waals surface area contributed by atoms with Crippen molar-refractivity contribution < 1.29 is 0 Å². The molecule has 0 radical (unpaired) electrons. The average Bonchev–Trinajstić information content (AvgIpc) is 2.31. The number of halogens is 1. The minimum atomic E-state index is 0.435. The van der Waals surface area contributed by atoms with Gasteiger partial charge in [0, 0.05) is 12.1 Å². The first-order chi connectivity index (χ1) is 8.19. The molecule has 88 valence electrons. The lowest BCUT2D eigenvalue weighted by Gasteiger charge is -2.06. The van der Waals surface area contributed by atoms with Crippen molar-refractivity contribution >= 4 is 11.6 Å². The number of benzene rings is 1. The molecule has 1 aromatic carbocycles. The Morgan fingerprint density at radius 1 is 1.12 bits per heavy atom. The van der Waals surface area contributed by atoms with E-state index in [0.29, 0.717) is 5.88 Å². The largest absolute Gasteiger partial charge is 0.238 e. The van der Waals surface area contributed by atoms with E-state index in [1.807, 2.05) is 25.1 Å². The van der Waals surface area contributed by atoms with Crippen molar-refractivity contribution in [1.29, 1.82) is 0 Å². The quantitative estimate of drug-likeness (QED) is 0.776. The molecule has 0 N–H and O–H groups in total. The van der Waals surface area contributed by atoms with Crippen molar-refractivity contribution in [3.63, 3.8) is 0 Å². The lowest BCUT2D eigenvalue weighted by atomic mass is 10.1. The number of alkyl halides is 1. The summed E-state index contributed by atoms with van der Waals surface area (Å²) in [7, 11) is 0. The van der Waals surface area contributed by atoms with Crippen LogP contribution in [0.4, 0.5) is 0 Å². The third-order valence-corrected chi connectivity index (χ3v) is 2.97.